The van der Waals surface area contributed by atoms with Crippen LogP contribution in [0.4, 0.5) is 0 Å². The van der Waals surface area contributed by atoms with Gasteiger partial charge in [-0.15, -0.1) is 24.0 Å². The molecule has 1 saturated heterocycles. The Morgan fingerprint density at radius 1 is 1.38 bits per heavy atom. The average molecular weight is 471 g/mol. The number of nitrogens with zero attached hydrogens (tertiary/aromatic N) is 4. The quantitative estimate of drug-likeness (QED) is 0.321. The zero-order valence-corrected chi connectivity index (χ0v) is 17.9. The number of para-hydroxylation sites is 2. The van der Waals surface area contributed by atoms with E-state index in [1.165, 1.54) is 7.11 Å². The van der Waals surface area contributed by atoms with Crippen LogP contribution in [-0.2, 0) is 23.1 Å². The summed E-state index contributed by atoms with van der Waals surface area (Å²) in [5.41, 5.74) is 2.09. The highest BCUT2D eigenvalue weighted by Gasteiger charge is 2.36. The van der Waals surface area contributed by atoms with E-state index >= 15 is 0 Å². The Balaban J connectivity index is 0.00000243. The molecular formula is C18H26IN5O2. The summed E-state index contributed by atoms with van der Waals surface area (Å²) in [5.74, 6) is 1.70. The largest absolute Gasteiger partial charge is 0.469 e. The number of aromatic nitrogens is 2. The molecule has 8 heteroatoms. The van der Waals surface area contributed by atoms with Gasteiger partial charge in [0.15, 0.2) is 5.96 Å². The zero-order chi connectivity index (χ0) is 18.0. The van der Waals surface area contributed by atoms with Crippen molar-refractivity contribution in [2.75, 3.05) is 27.2 Å². The number of imidazole rings is 1. The maximum Gasteiger partial charge on any atom is 0.310 e. The van der Waals surface area contributed by atoms with E-state index in [0.717, 1.165) is 29.4 Å². The lowest BCUT2D eigenvalue weighted by atomic mass is 9.99. The van der Waals surface area contributed by atoms with Crippen LogP contribution >= 0.6 is 24.0 Å². The molecule has 2 unspecified atom stereocenters. The van der Waals surface area contributed by atoms with E-state index in [0.29, 0.717) is 13.1 Å². The molecule has 0 aliphatic carbocycles. The van der Waals surface area contributed by atoms with Crippen LogP contribution in [-0.4, -0.2) is 53.6 Å². The molecule has 1 aliphatic heterocycles. The summed E-state index contributed by atoms with van der Waals surface area (Å²) in [7, 11) is 5.21. The summed E-state index contributed by atoms with van der Waals surface area (Å²) in [4.78, 5) is 23.0. The van der Waals surface area contributed by atoms with Gasteiger partial charge in [-0.25, -0.2) is 4.98 Å². The normalized spacial score (nSPS) is 20.2. The van der Waals surface area contributed by atoms with Crippen molar-refractivity contribution in [3.63, 3.8) is 0 Å². The summed E-state index contributed by atoms with van der Waals surface area (Å²) in [6, 6.07) is 8.07. The second-order valence-electron chi connectivity index (χ2n) is 6.49. The molecule has 3 rings (SSSR count). The third kappa shape index (κ3) is 3.94. The summed E-state index contributed by atoms with van der Waals surface area (Å²) < 4.78 is 6.99. The van der Waals surface area contributed by atoms with E-state index in [4.69, 9.17) is 4.74 Å². The Kier molecular flexibility index (Phi) is 6.85. The van der Waals surface area contributed by atoms with Gasteiger partial charge in [-0.1, -0.05) is 19.1 Å². The van der Waals surface area contributed by atoms with Crippen molar-refractivity contribution >= 4 is 46.9 Å². The highest BCUT2D eigenvalue weighted by atomic mass is 127. The average Bonchev–Trinajstić information content (AvgIpc) is 3.16. The van der Waals surface area contributed by atoms with Crippen LogP contribution in [0.3, 0.4) is 0 Å². The van der Waals surface area contributed by atoms with Gasteiger partial charge < -0.3 is 19.5 Å². The van der Waals surface area contributed by atoms with Gasteiger partial charge in [0.2, 0.25) is 0 Å². The van der Waals surface area contributed by atoms with Crippen LogP contribution in [0.2, 0.25) is 0 Å². The Labute approximate surface area is 170 Å². The van der Waals surface area contributed by atoms with Gasteiger partial charge in [-0.05, 0) is 18.1 Å². The van der Waals surface area contributed by atoms with E-state index in [2.05, 4.69) is 37.8 Å². The Morgan fingerprint density at radius 2 is 2.12 bits per heavy atom. The number of benzene rings is 1. The number of aryl methyl sites for hydroxylation is 1. The number of aliphatic imine (C=N–C) groups is 1. The van der Waals surface area contributed by atoms with E-state index in [1.54, 1.807) is 7.05 Å². The van der Waals surface area contributed by atoms with Crippen molar-refractivity contribution in [2.45, 2.75) is 13.5 Å². The zero-order valence-electron chi connectivity index (χ0n) is 15.6. The molecule has 1 fully saturated rings. The summed E-state index contributed by atoms with van der Waals surface area (Å²) in [5, 5.41) is 3.37. The number of fused-ring (bicyclic) bond motifs is 1. The highest BCUT2D eigenvalue weighted by molar-refractivity contribution is 14.0. The van der Waals surface area contributed by atoms with Crippen LogP contribution < -0.4 is 5.32 Å². The first-order chi connectivity index (χ1) is 12.0. The number of rotatable bonds is 3. The predicted molar refractivity (Wildman–Crippen MR) is 113 cm³/mol. The number of esters is 1. The van der Waals surface area contributed by atoms with Crippen LogP contribution in [0, 0.1) is 11.8 Å². The smallest absolute Gasteiger partial charge is 0.310 e. The first kappa shape index (κ1) is 20.5. The fourth-order valence-electron chi connectivity index (χ4n) is 3.44. The van der Waals surface area contributed by atoms with E-state index in [1.807, 2.05) is 25.2 Å². The topological polar surface area (TPSA) is 71.8 Å². The first-order valence-corrected chi connectivity index (χ1v) is 8.49. The van der Waals surface area contributed by atoms with Crippen molar-refractivity contribution in [1.82, 2.24) is 19.8 Å². The molecule has 1 N–H and O–H groups in total. The first-order valence-electron chi connectivity index (χ1n) is 8.49. The Bertz CT molecular complexity index is 804. The van der Waals surface area contributed by atoms with Gasteiger partial charge in [0.25, 0.3) is 0 Å². The van der Waals surface area contributed by atoms with Crippen molar-refractivity contribution in [1.29, 1.82) is 0 Å². The lowest BCUT2D eigenvalue weighted by Gasteiger charge is -2.21. The van der Waals surface area contributed by atoms with Crippen LogP contribution in [0.5, 0.6) is 0 Å². The fraction of sp³-hybridized carbons (Fsp3) is 0.500. The van der Waals surface area contributed by atoms with Crippen molar-refractivity contribution in [2.24, 2.45) is 23.9 Å². The Hall–Kier alpha value is -1.84. The van der Waals surface area contributed by atoms with Gasteiger partial charge in [0.05, 0.1) is 30.6 Å². The third-order valence-corrected chi connectivity index (χ3v) is 4.91. The van der Waals surface area contributed by atoms with E-state index in [9.17, 15) is 4.79 Å². The number of hydrogen-bond acceptors (Lipinski definition) is 4. The highest BCUT2D eigenvalue weighted by Crippen LogP contribution is 2.24. The lowest BCUT2D eigenvalue weighted by Crippen LogP contribution is -2.40. The number of guanidine groups is 1. The third-order valence-electron chi connectivity index (χ3n) is 4.91. The van der Waals surface area contributed by atoms with Crippen molar-refractivity contribution in [3.8, 4) is 0 Å². The number of ether oxygens (including phenoxy) is 1. The lowest BCUT2D eigenvalue weighted by molar-refractivity contribution is -0.145. The van der Waals surface area contributed by atoms with Gasteiger partial charge in [-0.3, -0.25) is 9.79 Å². The fourth-order valence-corrected chi connectivity index (χ4v) is 3.44. The minimum absolute atomic E-state index is 0. The van der Waals surface area contributed by atoms with E-state index < -0.39 is 0 Å². The molecule has 0 bridgehead atoms. The number of methoxy groups -OCH3 is 1. The number of carbonyl (C=O) groups excluding carboxylic acids is 1. The molecular weight excluding hydrogens is 445 g/mol. The molecule has 0 spiro atoms. The molecule has 1 aliphatic rings. The molecule has 142 valence electrons. The van der Waals surface area contributed by atoms with Crippen molar-refractivity contribution < 1.29 is 9.53 Å². The molecule has 2 atom stereocenters. The monoisotopic (exact) mass is 471 g/mol. The second kappa shape index (κ2) is 8.70. The SMILES string of the molecule is CN=C(NCc1nc2ccccc2n1C)N1CC(C)C(C(=O)OC)C1.I. The van der Waals surface area contributed by atoms with Gasteiger partial charge in [-0.2, -0.15) is 0 Å². The molecule has 0 amide bonds. The number of halogens is 1. The number of hydrogen-bond donors (Lipinski definition) is 1. The van der Waals surface area contributed by atoms with Crippen LogP contribution in [0.25, 0.3) is 11.0 Å². The predicted octanol–water partition coefficient (Wildman–Crippen LogP) is 2.01. The van der Waals surface area contributed by atoms with Gasteiger partial charge in [0, 0.05) is 27.2 Å². The molecule has 2 heterocycles. The maximum absolute atomic E-state index is 11.9. The maximum atomic E-state index is 11.9. The van der Waals surface area contributed by atoms with Crippen LogP contribution in [0.15, 0.2) is 29.3 Å². The molecule has 0 saturated carbocycles. The number of carbonyl (C=O) groups is 1. The molecule has 2 aromatic rings. The minimum atomic E-state index is -0.152. The second-order valence-corrected chi connectivity index (χ2v) is 6.49. The number of likely N-dealkylation sites (tertiary alicyclic amines) is 1. The molecule has 1 aromatic heterocycles. The molecule has 0 radical (unpaired) electrons. The molecule has 1 aromatic carbocycles. The summed E-state index contributed by atoms with van der Waals surface area (Å²) in [6.45, 7) is 4.05. The minimum Gasteiger partial charge on any atom is -0.469 e. The van der Waals surface area contributed by atoms with Gasteiger partial charge >= 0.3 is 5.97 Å². The molecule has 26 heavy (non-hydrogen) atoms. The van der Waals surface area contributed by atoms with Gasteiger partial charge in [0.1, 0.15) is 5.82 Å². The summed E-state index contributed by atoms with van der Waals surface area (Å²) >= 11 is 0. The van der Waals surface area contributed by atoms with Crippen molar-refractivity contribution in [3.05, 3.63) is 30.1 Å². The number of nitrogens with one attached hydrogen (secondary N) is 1. The van der Waals surface area contributed by atoms with Crippen LogP contribution in [0.1, 0.15) is 12.7 Å². The standard InChI is InChI=1S/C18H25N5O2.HI/c1-12-10-23(11-13(12)17(24)25-4)18(19-2)20-9-16-21-14-7-5-6-8-15(14)22(16)3;/h5-8,12-13H,9-11H2,1-4H3,(H,19,20);1H. The van der Waals surface area contributed by atoms with E-state index in [-0.39, 0.29) is 41.8 Å². The summed E-state index contributed by atoms with van der Waals surface area (Å²) in [6.07, 6.45) is 0. The Morgan fingerprint density at radius 3 is 2.77 bits per heavy atom. The molecule has 7 nitrogen and oxygen atoms in total.